The lowest BCUT2D eigenvalue weighted by molar-refractivity contribution is 0.573. The Bertz CT molecular complexity index is 584. The molecule has 3 rings (SSSR count). The molecule has 1 saturated carbocycles. The standard InChI is InChI=1S/C14H14O2S/c1-10-11-7-8-12(9-11)14(10)17(15,16)13-5-3-2-4-6-13/h2-8,11-12,14H,1,9H2. The summed E-state index contributed by atoms with van der Waals surface area (Å²) in [6.45, 7) is 3.98. The van der Waals surface area contributed by atoms with Gasteiger partial charge in [0, 0.05) is 0 Å². The van der Waals surface area contributed by atoms with E-state index < -0.39 is 15.1 Å². The number of allylic oxidation sites excluding steroid dienone is 2. The lowest BCUT2D eigenvalue weighted by atomic mass is 10.0. The van der Waals surface area contributed by atoms with Gasteiger partial charge < -0.3 is 0 Å². The van der Waals surface area contributed by atoms with Gasteiger partial charge in [0.2, 0.25) is 0 Å². The fourth-order valence-corrected chi connectivity index (χ4v) is 4.96. The highest BCUT2D eigenvalue weighted by molar-refractivity contribution is 7.92. The van der Waals surface area contributed by atoms with Crippen molar-refractivity contribution in [3.05, 3.63) is 54.6 Å². The molecule has 0 N–H and O–H groups in total. The maximum atomic E-state index is 12.5. The Hall–Kier alpha value is -1.35. The van der Waals surface area contributed by atoms with E-state index in [0.717, 1.165) is 12.0 Å². The summed E-state index contributed by atoms with van der Waals surface area (Å²) in [5, 5.41) is -0.417. The smallest absolute Gasteiger partial charge is 0.185 e. The van der Waals surface area contributed by atoms with Crippen molar-refractivity contribution in [2.24, 2.45) is 11.8 Å². The normalized spacial score (nSPS) is 31.1. The third-order valence-electron chi connectivity index (χ3n) is 3.75. The molecule has 0 amide bonds. The number of hydrogen-bond acceptors (Lipinski definition) is 2. The molecule has 2 bridgehead atoms. The van der Waals surface area contributed by atoms with Crippen LogP contribution in [0, 0.1) is 11.8 Å². The van der Waals surface area contributed by atoms with Crippen LogP contribution in [0.1, 0.15) is 6.42 Å². The van der Waals surface area contributed by atoms with Gasteiger partial charge in [-0.15, -0.1) is 0 Å². The number of hydrogen-bond donors (Lipinski definition) is 0. The van der Waals surface area contributed by atoms with Gasteiger partial charge in [-0.2, -0.15) is 0 Å². The molecule has 17 heavy (non-hydrogen) atoms. The van der Waals surface area contributed by atoms with Crippen LogP contribution in [0.4, 0.5) is 0 Å². The van der Waals surface area contributed by atoms with Crippen LogP contribution >= 0.6 is 0 Å². The van der Waals surface area contributed by atoms with Crippen molar-refractivity contribution < 1.29 is 8.42 Å². The van der Waals surface area contributed by atoms with E-state index in [-0.39, 0.29) is 11.8 Å². The molecule has 1 aromatic rings. The zero-order valence-corrected chi connectivity index (χ0v) is 10.2. The number of rotatable bonds is 2. The molecule has 88 valence electrons. The maximum absolute atomic E-state index is 12.5. The Labute approximate surface area is 102 Å². The second-order valence-electron chi connectivity index (χ2n) is 4.74. The fraction of sp³-hybridized carbons (Fsp3) is 0.286. The molecule has 1 fully saturated rings. The average molecular weight is 246 g/mol. The first kappa shape index (κ1) is 10.8. The van der Waals surface area contributed by atoms with E-state index in [2.05, 4.69) is 12.7 Å². The van der Waals surface area contributed by atoms with Gasteiger partial charge in [0.1, 0.15) is 0 Å². The Morgan fingerprint density at radius 2 is 1.82 bits per heavy atom. The van der Waals surface area contributed by atoms with Crippen LogP contribution in [0.3, 0.4) is 0 Å². The van der Waals surface area contributed by atoms with Gasteiger partial charge in [0.05, 0.1) is 10.1 Å². The van der Waals surface area contributed by atoms with Gasteiger partial charge in [-0.3, -0.25) is 0 Å². The molecule has 3 atom stereocenters. The molecule has 0 heterocycles. The van der Waals surface area contributed by atoms with Crippen molar-refractivity contribution in [2.45, 2.75) is 16.6 Å². The number of sulfone groups is 1. The summed E-state index contributed by atoms with van der Waals surface area (Å²) in [5.74, 6) is 0.390. The van der Waals surface area contributed by atoms with Gasteiger partial charge in [-0.05, 0) is 30.4 Å². The van der Waals surface area contributed by atoms with Crippen molar-refractivity contribution >= 4 is 9.84 Å². The van der Waals surface area contributed by atoms with E-state index in [0.29, 0.717) is 4.90 Å². The Balaban J connectivity index is 2.06. The Kier molecular flexibility index (Phi) is 2.26. The predicted molar refractivity (Wildman–Crippen MR) is 67.3 cm³/mol. The fourth-order valence-electron chi connectivity index (χ4n) is 2.90. The molecule has 0 spiro atoms. The molecule has 0 aliphatic heterocycles. The molecule has 0 saturated heterocycles. The zero-order chi connectivity index (χ0) is 12.0. The van der Waals surface area contributed by atoms with Crippen LogP contribution in [0.25, 0.3) is 0 Å². The van der Waals surface area contributed by atoms with Gasteiger partial charge in [-0.1, -0.05) is 42.5 Å². The van der Waals surface area contributed by atoms with E-state index in [1.807, 2.05) is 12.1 Å². The largest absolute Gasteiger partial charge is 0.223 e. The summed E-state index contributed by atoms with van der Waals surface area (Å²) in [7, 11) is -3.27. The number of fused-ring (bicyclic) bond motifs is 2. The van der Waals surface area contributed by atoms with Crippen molar-refractivity contribution in [1.29, 1.82) is 0 Å². The van der Waals surface area contributed by atoms with E-state index in [1.54, 1.807) is 24.3 Å². The average Bonchev–Trinajstić information content (AvgIpc) is 2.90. The van der Waals surface area contributed by atoms with E-state index in [4.69, 9.17) is 0 Å². The molecular weight excluding hydrogens is 232 g/mol. The molecule has 2 nitrogen and oxygen atoms in total. The highest BCUT2D eigenvalue weighted by Crippen LogP contribution is 2.47. The van der Waals surface area contributed by atoms with Gasteiger partial charge in [0.25, 0.3) is 0 Å². The molecule has 0 radical (unpaired) electrons. The monoisotopic (exact) mass is 246 g/mol. The molecule has 2 aliphatic rings. The van der Waals surface area contributed by atoms with Crippen LogP contribution < -0.4 is 0 Å². The van der Waals surface area contributed by atoms with Crippen LogP contribution in [-0.2, 0) is 9.84 Å². The summed E-state index contributed by atoms with van der Waals surface area (Å²) in [6.07, 6.45) is 5.03. The van der Waals surface area contributed by atoms with Crippen LogP contribution in [0.15, 0.2) is 59.5 Å². The highest BCUT2D eigenvalue weighted by atomic mass is 32.2. The third kappa shape index (κ3) is 1.49. The maximum Gasteiger partial charge on any atom is 0.185 e. The summed E-state index contributed by atoms with van der Waals surface area (Å²) in [4.78, 5) is 0.409. The van der Waals surface area contributed by atoms with E-state index >= 15 is 0 Å². The SMILES string of the molecule is C=C1C2C=CC(C2)C1S(=O)(=O)c1ccccc1. The van der Waals surface area contributed by atoms with Crippen molar-refractivity contribution in [1.82, 2.24) is 0 Å². The second kappa shape index (κ2) is 3.57. The highest BCUT2D eigenvalue weighted by Gasteiger charge is 2.46. The van der Waals surface area contributed by atoms with Crippen LogP contribution in [0.2, 0.25) is 0 Å². The van der Waals surface area contributed by atoms with Crippen LogP contribution in [0.5, 0.6) is 0 Å². The Morgan fingerprint density at radius 1 is 1.12 bits per heavy atom. The summed E-state index contributed by atoms with van der Waals surface area (Å²) < 4.78 is 25.1. The van der Waals surface area contributed by atoms with Crippen molar-refractivity contribution in [3.8, 4) is 0 Å². The topological polar surface area (TPSA) is 34.1 Å². The minimum atomic E-state index is -3.27. The lowest BCUT2D eigenvalue weighted by Crippen LogP contribution is -2.27. The number of benzene rings is 1. The van der Waals surface area contributed by atoms with Crippen LogP contribution in [-0.4, -0.2) is 13.7 Å². The van der Waals surface area contributed by atoms with Crippen molar-refractivity contribution in [2.75, 3.05) is 0 Å². The van der Waals surface area contributed by atoms with E-state index in [1.165, 1.54) is 0 Å². The van der Waals surface area contributed by atoms with Gasteiger partial charge >= 0.3 is 0 Å². The quantitative estimate of drug-likeness (QED) is 0.752. The third-order valence-corrected chi connectivity index (χ3v) is 6.00. The first-order valence-corrected chi connectivity index (χ1v) is 7.31. The summed E-state index contributed by atoms with van der Waals surface area (Å²) in [6, 6.07) is 8.68. The lowest BCUT2D eigenvalue weighted by Gasteiger charge is -2.20. The molecule has 1 aromatic carbocycles. The minimum Gasteiger partial charge on any atom is -0.223 e. The molecular formula is C14H14O2S. The van der Waals surface area contributed by atoms with Gasteiger partial charge in [0.15, 0.2) is 9.84 Å². The first-order chi connectivity index (χ1) is 8.10. The molecule has 3 heteroatoms. The van der Waals surface area contributed by atoms with E-state index in [9.17, 15) is 8.42 Å². The van der Waals surface area contributed by atoms with Gasteiger partial charge in [-0.25, -0.2) is 8.42 Å². The molecule has 2 aliphatic carbocycles. The molecule has 3 unspecified atom stereocenters. The summed E-state index contributed by atoms with van der Waals surface area (Å²) >= 11 is 0. The van der Waals surface area contributed by atoms with Crippen molar-refractivity contribution in [3.63, 3.8) is 0 Å². The zero-order valence-electron chi connectivity index (χ0n) is 9.41. The second-order valence-corrected chi connectivity index (χ2v) is 6.81. The Morgan fingerprint density at radius 3 is 2.41 bits per heavy atom. The first-order valence-electron chi connectivity index (χ1n) is 5.76. The minimum absolute atomic E-state index is 0.123. The molecule has 0 aromatic heterocycles. The summed E-state index contributed by atoms with van der Waals surface area (Å²) in [5.41, 5.74) is 0.862. The predicted octanol–water partition coefficient (Wildman–Crippen LogP) is 2.59.